The normalized spacial score (nSPS) is 13.2. The summed E-state index contributed by atoms with van der Waals surface area (Å²) in [5.41, 5.74) is 0. The molecule has 0 aromatic rings. The van der Waals surface area contributed by atoms with Crippen molar-refractivity contribution < 1.29 is 23.9 Å². The number of ether oxygens (including phenoxy) is 2. The second-order valence-electron chi connectivity index (χ2n) is 17.9. The van der Waals surface area contributed by atoms with Crippen molar-refractivity contribution in [1.29, 1.82) is 0 Å². The number of guanidine groups is 1. The molecule has 0 fully saturated rings. The Kier molecular flexibility index (Phi) is 45.9. The highest BCUT2D eigenvalue weighted by Crippen LogP contribution is 2.17. The Labute approximate surface area is 378 Å². The van der Waals surface area contributed by atoms with E-state index in [1.54, 1.807) is 0 Å². The number of unbranched alkanes of at least 4 members (excludes halogenated alkanes) is 24. The molecule has 9 nitrogen and oxygen atoms in total. The summed E-state index contributed by atoms with van der Waals surface area (Å²) in [6.45, 7) is 13.5. The molecular weight excluding hydrogens is 761 g/mol. The molecule has 1 heterocycles. The maximum Gasteiger partial charge on any atom is 0.306 e. The molecule has 1 aliphatic rings. The fourth-order valence-corrected chi connectivity index (χ4v) is 8.11. The summed E-state index contributed by atoms with van der Waals surface area (Å²) >= 11 is 0. The average molecular weight is 863 g/mol. The smallest absolute Gasteiger partial charge is 0.306 e. The quantitative estimate of drug-likeness (QED) is 0.0357. The number of aliphatic imine (C=N–C) groups is 1. The predicted molar refractivity (Wildman–Crippen MR) is 261 cm³/mol. The second-order valence-corrected chi connectivity index (χ2v) is 17.9. The van der Waals surface area contributed by atoms with Gasteiger partial charge in [-0.3, -0.25) is 19.9 Å². The van der Waals surface area contributed by atoms with E-state index in [4.69, 9.17) is 9.47 Å². The highest BCUT2D eigenvalue weighted by molar-refractivity contribution is 5.98. The van der Waals surface area contributed by atoms with Crippen molar-refractivity contribution in [2.24, 2.45) is 4.99 Å². The van der Waals surface area contributed by atoms with Crippen LogP contribution in [0.25, 0.3) is 0 Å². The molecule has 0 spiro atoms. The van der Waals surface area contributed by atoms with E-state index in [0.29, 0.717) is 37.9 Å². The molecule has 1 atom stereocenters. The molecule has 0 radical (unpaired) electrons. The molecule has 1 unspecified atom stereocenters. The summed E-state index contributed by atoms with van der Waals surface area (Å²) < 4.78 is 11.4. The van der Waals surface area contributed by atoms with Crippen LogP contribution in [0.15, 0.2) is 4.99 Å². The van der Waals surface area contributed by atoms with E-state index >= 15 is 0 Å². The van der Waals surface area contributed by atoms with E-state index in [1.807, 2.05) is 7.11 Å². The van der Waals surface area contributed by atoms with Gasteiger partial charge in [-0.25, -0.2) is 0 Å². The number of hydrogen-bond acceptors (Lipinski definition) is 8. The number of aldehydes is 1. The molecule has 1 rings (SSSR count). The van der Waals surface area contributed by atoms with Crippen molar-refractivity contribution in [2.75, 3.05) is 39.8 Å². The SMILES string of the molecule is CCCCCCCCC(CC)OC(=O)CCCCCCCN(CCCCCCCC=O)CCCNC1=NCCC(=O)N1.CCCCCCCCC(CCCCCCCC)OC. The molecule has 9 heteroatoms. The summed E-state index contributed by atoms with van der Waals surface area (Å²) in [5, 5.41) is 6.06. The minimum atomic E-state index is -0.0162. The molecule has 0 bridgehead atoms. The van der Waals surface area contributed by atoms with Gasteiger partial charge in [0.2, 0.25) is 5.91 Å². The first-order valence-corrected chi connectivity index (χ1v) is 26.4. The molecule has 360 valence electrons. The number of methoxy groups -OCH3 is 1. The van der Waals surface area contributed by atoms with Crippen LogP contribution in [0.3, 0.4) is 0 Å². The second kappa shape index (κ2) is 47.5. The number of esters is 1. The van der Waals surface area contributed by atoms with Crippen LogP contribution in [0.2, 0.25) is 0 Å². The molecule has 0 aromatic heterocycles. The summed E-state index contributed by atoms with van der Waals surface area (Å²) in [4.78, 5) is 41.3. The van der Waals surface area contributed by atoms with Crippen LogP contribution in [0.1, 0.15) is 259 Å². The molecule has 1 aliphatic heterocycles. The third-order valence-corrected chi connectivity index (χ3v) is 12.2. The van der Waals surface area contributed by atoms with Crippen LogP contribution in [0.4, 0.5) is 0 Å². The molecular formula is C52H102N4O5. The average Bonchev–Trinajstić information content (AvgIpc) is 3.26. The van der Waals surface area contributed by atoms with Gasteiger partial charge < -0.3 is 24.5 Å². The first-order valence-electron chi connectivity index (χ1n) is 26.4. The minimum absolute atomic E-state index is 0.0162. The maximum atomic E-state index is 12.3. The van der Waals surface area contributed by atoms with Crippen molar-refractivity contribution in [1.82, 2.24) is 15.5 Å². The Balaban J connectivity index is 0.00000158. The van der Waals surface area contributed by atoms with Gasteiger partial charge in [0.05, 0.1) is 12.6 Å². The number of nitrogens with one attached hydrogen (secondary N) is 2. The topological polar surface area (TPSA) is 109 Å². The van der Waals surface area contributed by atoms with E-state index in [2.05, 4.69) is 48.2 Å². The lowest BCUT2D eigenvalue weighted by Gasteiger charge is -2.23. The Morgan fingerprint density at radius 3 is 1.59 bits per heavy atom. The highest BCUT2D eigenvalue weighted by Gasteiger charge is 2.13. The van der Waals surface area contributed by atoms with Crippen molar-refractivity contribution in [2.45, 2.75) is 271 Å². The monoisotopic (exact) mass is 863 g/mol. The van der Waals surface area contributed by atoms with Gasteiger partial charge in [0, 0.05) is 32.9 Å². The van der Waals surface area contributed by atoms with Crippen molar-refractivity contribution in [3.63, 3.8) is 0 Å². The fraction of sp³-hybridized carbons (Fsp3) is 0.923. The first-order chi connectivity index (χ1) is 29.9. The van der Waals surface area contributed by atoms with Gasteiger partial charge in [0.15, 0.2) is 5.96 Å². The predicted octanol–water partition coefficient (Wildman–Crippen LogP) is 13.6. The van der Waals surface area contributed by atoms with Crippen LogP contribution in [-0.2, 0) is 23.9 Å². The largest absolute Gasteiger partial charge is 0.462 e. The highest BCUT2D eigenvalue weighted by atomic mass is 16.5. The van der Waals surface area contributed by atoms with Crippen LogP contribution < -0.4 is 10.6 Å². The minimum Gasteiger partial charge on any atom is -0.462 e. The Morgan fingerprint density at radius 2 is 1.10 bits per heavy atom. The molecule has 0 saturated carbocycles. The third-order valence-electron chi connectivity index (χ3n) is 12.2. The molecule has 0 saturated heterocycles. The summed E-state index contributed by atoms with van der Waals surface area (Å²) in [6, 6.07) is 0. The lowest BCUT2D eigenvalue weighted by Crippen LogP contribution is -2.44. The van der Waals surface area contributed by atoms with E-state index in [-0.39, 0.29) is 18.0 Å². The molecule has 61 heavy (non-hydrogen) atoms. The summed E-state index contributed by atoms with van der Waals surface area (Å²) in [7, 11) is 1.89. The van der Waals surface area contributed by atoms with E-state index < -0.39 is 0 Å². The Hall–Kier alpha value is -2.00. The lowest BCUT2D eigenvalue weighted by atomic mass is 10.0. The van der Waals surface area contributed by atoms with Crippen LogP contribution in [-0.4, -0.2) is 81.1 Å². The number of carbonyl (C=O) groups excluding carboxylic acids is 3. The van der Waals surface area contributed by atoms with Crippen molar-refractivity contribution in [3.05, 3.63) is 0 Å². The summed E-state index contributed by atoms with van der Waals surface area (Å²) in [5.74, 6) is 0.630. The zero-order valence-electron chi connectivity index (χ0n) is 41.2. The Morgan fingerprint density at radius 1 is 0.639 bits per heavy atom. The fourth-order valence-electron chi connectivity index (χ4n) is 8.11. The lowest BCUT2D eigenvalue weighted by molar-refractivity contribution is -0.149. The molecule has 0 aliphatic carbocycles. The van der Waals surface area contributed by atoms with Crippen molar-refractivity contribution >= 4 is 24.1 Å². The van der Waals surface area contributed by atoms with Gasteiger partial charge in [0.25, 0.3) is 0 Å². The molecule has 1 amide bonds. The third kappa shape index (κ3) is 41.8. The maximum absolute atomic E-state index is 12.3. The van der Waals surface area contributed by atoms with E-state index in [1.165, 1.54) is 154 Å². The zero-order chi connectivity index (χ0) is 44.7. The number of carbonyl (C=O) groups is 3. The number of rotatable bonds is 44. The van der Waals surface area contributed by atoms with Crippen LogP contribution >= 0.6 is 0 Å². The van der Waals surface area contributed by atoms with Crippen LogP contribution in [0.5, 0.6) is 0 Å². The number of nitrogens with zero attached hydrogens (tertiary/aromatic N) is 2. The van der Waals surface area contributed by atoms with Gasteiger partial charge in [0.1, 0.15) is 12.4 Å². The van der Waals surface area contributed by atoms with E-state index in [0.717, 1.165) is 90.3 Å². The van der Waals surface area contributed by atoms with Gasteiger partial charge in [-0.1, -0.05) is 175 Å². The number of hydrogen-bond donors (Lipinski definition) is 2. The zero-order valence-corrected chi connectivity index (χ0v) is 41.2. The van der Waals surface area contributed by atoms with Gasteiger partial charge in [-0.05, 0) is 83.8 Å². The molecule has 0 aromatic carbocycles. The first kappa shape index (κ1) is 59.0. The van der Waals surface area contributed by atoms with Gasteiger partial charge in [-0.2, -0.15) is 0 Å². The standard InChI is InChI=1S/C34H64N4O4.C18H38O/c1-3-5-6-7-11-16-22-31(4-2)42-33(41)23-17-12-10-14-19-28-38(27-18-13-8-9-15-20-30-39)29-21-25-35-34-36-26-24-32(40)37-34;1-4-6-8-10-12-14-16-18(19-3)17-15-13-11-9-7-5-2/h30-31H,3-29H2,1-2H3,(H2,35,36,37,40);18H,4-17H2,1-3H3. The van der Waals surface area contributed by atoms with Crippen molar-refractivity contribution in [3.8, 4) is 0 Å². The van der Waals surface area contributed by atoms with Gasteiger partial charge in [-0.15, -0.1) is 0 Å². The van der Waals surface area contributed by atoms with Crippen LogP contribution in [0, 0.1) is 0 Å². The summed E-state index contributed by atoms with van der Waals surface area (Å²) in [6.07, 6.45) is 44.5. The number of amides is 1. The van der Waals surface area contributed by atoms with Gasteiger partial charge >= 0.3 is 5.97 Å². The Bertz CT molecular complexity index is 979. The molecule has 2 N–H and O–H groups in total. The van der Waals surface area contributed by atoms with E-state index in [9.17, 15) is 14.4 Å².